The number of benzene rings is 2. The molecule has 0 radical (unpaired) electrons. The smallest absolute Gasteiger partial charge is 0.00102 e. The van der Waals surface area contributed by atoms with Crippen LogP contribution in [-0.2, 0) is 18.3 Å². The third kappa shape index (κ3) is 3.28. The molecule has 1 fully saturated rings. The van der Waals surface area contributed by atoms with Gasteiger partial charge < -0.3 is 4.90 Å². The van der Waals surface area contributed by atoms with Crippen molar-refractivity contribution in [1.82, 2.24) is 4.90 Å². The van der Waals surface area contributed by atoms with Crippen LogP contribution in [0.2, 0.25) is 0 Å². The van der Waals surface area contributed by atoms with Gasteiger partial charge in [0.05, 0.1) is 0 Å². The Labute approximate surface area is 146 Å². The molecule has 1 heterocycles. The molecular formula is C23H29N. The van der Waals surface area contributed by atoms with E-state index >= 15 is 0 Å². The topological polar surface area (TPSA) is 3.24 Å². The molecule has 24 heavy (non-hydrogen) atoms. The van der Waals surface area contributed by atoms with Crippen LogP contribution >= 0.6 is 0 Å². The van der Waals surface area contributed by atoms with Gasteiger partial charge in [0.25, 0.3) is 0 Å². The maximum absolute atomic E-state index is 2.71. The Balaban J connectivity index is 1.24. The number of hydrogen-bond acceptors (Lipinski definition) is 1. The highest BCUT2D eigenvalue weighted by Crippen LogP contribution is 2.46. The van der Waals surface area contributed by atoms with Crippen LogP contribution in [0.5, 0.6) is 0 Å². The zero-order chi connectivity index (χ0) is 16.2. The van der Waals surface area contributed by atoms with Gasteiger partial charge in [-0.25, -0.2) is 0 Å². The maximum atomic E-state index is 2.71. The highest BCUT2D eigenvalue weighted by atomic mass is 15.1. The lowest BCUT2D eigenvalue weighted by Crippen LogP contribution is -2.41. The molecule has 2 aliphatic rings. The minimum Gasteiger partial charge on any atom is -0.303 e. The summed E-state index contributed by atoms with van der Waals surface area (Å²) in [4.78, 5) is 2.71. The van der Waals surface area contributed by atoms with Crippen molar-refractivity contribution >= 4 is 0 Å². The average Bonchev–Trinajstić information content (AvgIpc) is 3.00. The van der Waals surface area contributed by atoms with Crippen molar-refractivity contribution in [3.05, 3.63) is 71.3 Å². The molecule has 0 aromatic heterocycles. The Hall–Kier alpha value is -1.60. The fourth-order valence-corrected chi connectivity index (χ4v) is 4.80. The molecular weight excluding hydrogens is 290 g/mol. The second-order valence-corrected chi connectivity index (χ2v) is 7.72. The fourth-order valence-electron chi connectivity index (χ4n) is 4.80. The van der Waals surface area contributed by atoms with Crippen molar-refractivity contribution < 1.29 is 0 Å². The summed E-state index contributed by atoms with van der Waals surface area (Å²) in [7, 11) is 0. The molecule has 0 amide bonds. The van der Waals surface area contributed by atoms with E-state index in [1.165, 1.54) is 70.1 Å². The van der Waals surface area contributed by atoms with E-state index in [4.69, 9.17) is 0 Å². The Morgan fingerprint density at radius 2 is 1.54 bits per heavy atom. The van der Waals surface area contributed by atoms with E-state index in [0.717, 1.165) is 0 Å². The summed E-state index contributed by atoms with van der Waals surface area (Å²) in [5.41, 5.74) is 5.29. The van der Waals surface area contributed by atoms with Crippen LogP contribution in [0.3, 0.4) is 0 Å². The first-order chi connectivity index (χ1) is 11.9. The van der Waals surface area contributed by atoms with Crippen LogP contribution < -0.4 is 0 Å². The molecule has 2 aromatic carbocycles. The first kappa shape index (κ1) is 15.9. The van der Waals surface area contributed by atoms with Gasteiger partial charge in [0.2, 0.25) is 0 Å². The number of unbranched alkanes of at least 4 members (excludes halogenated alkanes) is 1. The van der Waals surface area contributed by atoms with Crippen molar-refractivity contribution in [1.29, 1.82) is 0 Å². The molecule has 0 atom stereocenters. The summed E-state index contributed by atoms with van der Waals surface area (Å²) in [6, 6.07) is 20.1. The van der Waals surface area contributed by atoms with E-state index in [9.17, 15) is 0 Å². The standard InChI is InChI=1S/C23H29N/c1-2-8-20(9-3-1)10-6-7-17-24-18-15-23(16-19-24)14-13-21-11-4-5-12-22(21)23/h1-5,8-9,11-12H,6-7,10,13-19H2. The van der Waals surface area contributed by atoms with Crippen LogP contribution in [0.25, 0.3) is 0 Å². The number of rotatable bonds is 5. The lowest BCUT2D eigenvalue weighted by molar-refractivity contribution is 0.156. The average molecular weight is 319 g/mol. The van der Waals surface area contributed by atoms with E-state index < -0.39 is 0 Å². The lowest BCUT2D eigenvalue weighted by Gasteiger charge is -2.40. The minimum atomic E-state index is 0.511. The number of likely N-dealkylation sites (tertiary alicyclic amines) is 1. The number of piperidine rings is 1. The van der Waals surface area contributed by atoms with Crippen molar-refractivity contribution in [2.24, 2.45) is 0 Å². The zero-order valence-electron chi connectivity index (χ0n) is 14.7. The Morgan fingerprint density at radius 1 is 0.792 bits per heavy atom. The molecule has 2 aromatic rings. The molecule has 1 aliphatic carbocycles. The van der Waals surface area contributed by atoms with Gasteiger partial charge in [0.15, 0.2) is 0 Å². The maximum Gasteiger partial charge on any atom is -0.00102 e. The predicted octanol–water partition coefficient (Wildman–Crippen LogP) is 4.99. The number of nitrogens with zero attached hydrogens (tertiary/aromatic N) is 1. The van der Waals surface area contributed by atoms with E-state index in [1.807, 2.05) is 0 Å². The second-order valence-electron chi connectivity index (χ2n) is 7.72. The van der Waals surface area contributed by atoms with E-state index in [0.29, 0.717) is 5.41 Å². The van der Waals surface area contributed by atoms with Crippen molar-refractivity contribution in [2.45, 2.75) is 50.4 Å². The normalized spacial score (nSPS) is 19.5. The first-order valence-electron chi connectivity index (χ1n) is 9.70. The Bertz CT molecular complexity index is 653. The summed E-state index contributed by atoms with van der Waals surface area (Å²) in [5, 5.41) is 0. The van der Waals surface area contributed by atoms with E-state index in [2.05, 4.69) is 59.5 Å². The Kier molecular flexibility index (Phi) is 4.71. The predicted molar refractivity (Wildman–Crippen MR) is 101 cm³/mol. The van der Waals surface area contributed by atoms with Crippen LogP contribution in [0.4, 0.5) is 0 Å². The summed E-state index contributed by atoms with van der Waals surface area (Å²) in [5.74, 6) is 0. The summed E-state index contributed by atoms with van der Waals surface area (Å²) < 4.78 is 0. The van der Waals surface area contributed by atoms with Gasteiger partial charge in [-0.15, -0.1) is 0 Å². The van der Waals surface area contributed by atoms with Crippen molar-refractivity contribution in [2.75, 3.05) is 19.6 Å². The third-order valence-corrected chi connectivity index (χ3v) is 6.31. The first-order valence-corrected chi connectivity index (χ1v) is 9.70. The molecule has 4 rings (SSSR count). The molecule has 1 nitrogen and oxygen atoms in total. The molecule has 0 saturated carbocycles. The zero-order valence-corrected chi connectivity index (χ0v) is 14.7. The van der Waals surface area contributed by atoms with Crippen LogP contribution in [0.1, 0.15) is 48.8 Å². The van der Waals surface area contributed by atoms with Crippen molar-refractivity contribution in [3.63, 3.8) is 0 Å². The van der Waals surface area contributed by atoms with Gasteiger partial charge in [-0.3, -0.25) is 0 Å². The molecule has 0 unspecified atom stereocenters. The quantitative estimate of drug-likeness (QED) is 0.702. The van der Waals surface area contributed by atoms with Crippen molar-refractivity contribution in [3.8, 4) is 0 Å². The summed E-state index contributed by atoms with van der Waals surface area (Å²) in [6.45, 7) is 3.86. The largest absolute Gasteiger partial charge is 0.303 e. The van der Waals surface area contributed by atoms with Crippen LogP contribution in [0, 0.1) is 0 Å². The van der Waals surface area contributed by atoms with E-state index in [-0.39, 0.29) is 0 Å². The highest BCUT2D eigenvalue weighted by Gasteiger charge is 2.40. The molecule has 1 heteroatoms. The van der Waals surface area contributed by atoms with Gasteiger partial charge in [0, 0.05) is 0 Å². The van der Waals surface area contributed by atoms with E-state index in [1.54, 1.807) is 11.1 Å². The monoisotopic (exact) mass is 319 g/mol. The van der Waals surface area contributed by atoms with Gasteiger partial charge in [0.1, 0.15) is 0 Å². The van der Waals surface area contributed by atoms with Crippen LogP contribution in [0.15, 0.2) is 54.6 Å². The second kappa shape index (κ2) is 7.11. The van der Waals surface area contributed by atoms with Crippen LogP contribution in [-0.4, -0.2) is 24.5 Å². The van der Waals surface area contributed by atoms with Gasteiger partial charge in [-0.05, 0) is 86.7 Å². The SMILES string of the molecule is c1ccc(CCCCN2CCC3(CCc4ccccc43)CC2)cc1. The molecule has 1 spiro atoms. The number of fused-ring (bicyclic) bond motifs is 2. The molecule has 1 aliphatic heterocycles. The van der Waals surface area contributed by atoms with Gasteiger partial charge in [-0.2, -0.15) is 0 Å². The lowest BCUT2D eigenvalue weighted by atomic mass is 9.74. The minimum absolute atomic E-state index is 0.511. The number of hydrogen-bond donors (Lipinski definition) is 0. The fraction of sp³-hybridized carbons (Fsp3) is 0.478. The van der Waals surface area contributed by atoms with Gasteiger partial charge >= 0.3 is 0 Å². The molecule has 0 bridgehead atoms. The Morgan fingerprint density at radius 3 is 2.38 bits per heavy atom. The highest BCUT2D eigenvalue weighted by molar-refractivity contribution is 5.39. The number of aryl methyl sites for hydroxylation is 2. The third-order valence-electron chi connectivity index (χ3n) is 6.31. The molecule has 1 saturated heterocycles. The molecule has 126 valence electrons. The summed E-state index contributed by atoms with van der Waals surface area (Å²) >= 11 is 0. The van der Waals surface area contributed by atoms with Gasteiger partial charge in [-0.1, -0.05) is 54.6 Å². The molecule has 0 N–H and O–H groups in total. The summed E-state index contributed by atoms with van der Waals surface area (Å²) in [6.07, 6.45) is 9.28.